The van der Waals surface area contributed by atoms with E-state index in [1.807, 2.05) is 13.0 Å². The first-order chi connectivity index (χ1) is 9.17. The number of benzene rings is 1. The van der Waals surface area contributed by atoms with Crippen molar-refractivity contribution in [2.24, 2.45) is 0 Å². The van der Waals surface area contributed by atoms with Gasteiger partial charge in [-0.25, -0.2) is 0 Å². The largest absolute Gasteiger partial charge is 0.494 e. The molecule has 0 unspecified atom stereocenters. The van der Waals surface area contributed by atoms with Crippen LogP contribution in [-0.4, -0.2) is 37.2 Å². The van der Waals surface area contributed by atoms with E-state index >= 15 is 0 Å². The number of nitrogens with one attached hydrogen (secondary N) is 1. The van der Waals surface area contributed by atoms with Crippen LogP contribution >= 0.6 is 0 Å². The predicted octanol–water partition coefficient (Wildman–Crippen LogP) is 2.66. The molecule has 3 nitrogen and oxygen atoms in total. The summed E-state index contributed by atoms with van der Waals surface area (Å²) in [5.74, 6) is 1.03. The summed E-state index contributed by atoms with van der Waals surface area (Å²) in [4.78, 5) is 2.52. The second kappa shape index (κ2) is 6.40. The van der Waals surface area contributed by atoms with Gasteiger partial charge in [0.1, 0.15) is 5.75 Å². The van der Waals surface area contributed by atoms with Crippen molar-refractivity contribution in [2.45, 2.75) is 38.8 Å². The first-order valence-electron chi connectivity index (χ1n) is 7.29. The fraction of sp³-hybridized carbons (Fsp3) is 0.625. The maximum Gasteiger partial charge on any atom is 0.123 e. The molecule has 106 valence electrons. The number of nitrogens with zero attached hydrogens (tertiary/aromatic N) is 1. The summed E-state index contributed by atoms with van der Waals surface area (Å²) >= 11 is 0. The van der Waals surface area contributed by atoms with Crippen LogP contribution in [0, 0.1) is 0 Å². The molecule has 1 heterocycles. The van der Waals surface area contributed by atoms with E-state index in [0.717, 1.165) is 32.0 Å². The summed E-state index contributed by atoms with van der Waals surface area (Å²) in [6.07, 6.45) is 2.42. The lowest BCUT2D eigenvalue weighted by atomic mass is 9.90. The van der Waals surface area contributed by atoms with Crippen molar-refractivity contribution in [1.29, 1.82) is 0 Å². The van der Waals surface area contributed by atoms with Gasteiger partial charge in [-0.05, 0) is 39.8 Å². The maximum atomic E-state index is 5.70. The van der Waals surface area contributed by atoms with Gasteiger partial charge in [0.25, 0.3) is 0 Å². The number of rotatable bonds is 5. The van der Waals surface area contributed by atoms with Crippen LogP contribution in [0.4, 0.5) is 0 Å². The smallest absolute Gasteiger partial charge is 0.123 e. The van der Waals surface area contributed by atoms with Crippen molar-refractivity contribution < 1.29 is 4.74 Å². The van der Waals surface area contributed by atoms with E-state index in [4.69, 9.17) is 4.74 Å². The Hall–Kier alpha value is -1.06. The molecule has 1 fully saturated rings. The van der Waals surface area contributed by atoms with E-state index in [-0.39, 0.29) is 0 Å². The standard InChI is InChI=1S/C16H26N2O/c1-4-19-15-8-6-5-7-14(15)13-18-11-9-16(2,17-3)10-12-18/h5-8,17H,4,9-13H2,1-3H3. The Morgan fingerprint density at radius 2 is 1.95 bits per heavy atom. The van der Waals surface area contributed by atoms with Crippen molar-refractivity contribution in [1.82, 2.24) is 10.2 Å². The van der Waals surface area contributed by atoms with Gasteiger partial charge in [-0.3, -0.25) is 4.90 Å². The predicted molar refractivity (Wildman–Crippen MR) is 79.6 cm³/mol. The van der Waals surface area contributed by atoms with E-state index in [1.165, 1.54) is 18.4 Å². The molecular formula is C16H26N2O. The van der Waals surface area contributed by atoms with Crippen LogP contribution in [0.3, 0.4) is 0 Å². The minimum Gasteiger partial charge on any atom is -0.494 e. The molecule has 1 aromatic carbocycles. The summed E-state index contributed by atoms with van der Waals surface area (Å²) in [5.41, 5.74) is 1.62. The molecule has 0 saturated carbocycles. The van der Waals surface area contributed by atoms with Crippen molar-refractivity contribution in [3.63, 3.8) is 0 Å². The second-order valence-corrected chi connectivity index (χ2v) is 5.63. The molecule has 1 aliphatic rings. The summed E-state index contributed by atoms with van der Waals surface area (Å²) in [6.45, 7) is 8.38. The average Bonchev–Trinajstić information content (AvgIpc) is 2.44. The van der Waals surface area contributed by atoms with E-state index in [9.17, 15) is 0 Å². The molecule has 1 N–H and O–H groups in total. The Labute approximate surface area is 116 Å². The Morgan fingerprint density at radius 1 is 1.26 bits per heavy atom. The molecule has 1 aromatic rings. The number of ether oxygens (including phenoxy) is 1. The van der Waals surface area contributed by atoms with Gasteiger partial charge in [0.05, 0.1) is 6.61 Å². The molecule has 0 aromatic heterocycles. The van der Waals surface area contributed by atoms with Crippen LogP contribution in [0.1, 0.15) is 32.3 Å². The first kappa shape index (κ1) is 14.4. The molecule has 3 heteroatoms. The fourth-order valence-electron chi connectivity index (χ4n) is 2.63. The molecule has 19 heavy (non-hydrogen) atoms. The zero-order chi connectivity index (χ0) is 13.7. The van der Waals surface area contributed by atoms with Crippen LogP contribution in [-0.2, 0) is 6.54 Å². The Morgan fingerprint density at radius 3 is 2.58 bits per heavy atom. The van der Waals surface area contributed by atoms with Crippen molar-refractivity contribution in [3.8, 4) is 5.75 Å². The van der Waals surface area contributed by atoms with Gasteiger partial charge in [0.2, 0.25) is 0 Å². The van der Waals surface area contributed by atoms with Gasteiger partial charge >= 0.3 is 0 Å². The van der Waals surface area contributed by atoms with Crippen LogP contribution in [0.2, 0.25) is 0 Å². The molecule has 1 saturated heterocycles. The number of hydrogen-bond donors (Lipinski definition) is 1. The molecule has 2 rings (SSSR count). The van der Waals surface area contributed by atoms with Crippen molar-refractivity contribution in [3.05, 3.63) is 29.8 Å². The van der Waals surface area contributed by atoms with Gasteiger partial charge in [0, 0.05) is 30.7 Å². The highest BCUT2D eigenvalue weighted by Gasteiger charge is 2.28. The molecule has 0 amide bonds. The lowest BCUT2D eigenvalue weighted by molar-refractivity contribution is 0.145. The van der Waals surface area contributed by atoms with Crippen LogP contribution in [0.25, 0.3) is 0 Å². The zero-order valence-electron chi connectivity index (χ0n) is 12.4. The van der Waals surface area contributed by atoms with Gasteiger partial charge in [0.15, 0.2) is 0 Å². The Bertz CT molecular complexity index is 397. The van der Waals surface area contributed by atoms with Crippen LogP contribution in [0.15, 0.2) is 24.3 Å². The van der Waals surface area contributed by atoms with E-state index in [0.29, 0.717) is 5.54 Å². The summed E-state index contributed by atoms with van der Waals surface area (Å²) in [6, 6.07) is 8.39. The third-order valence-corrected chi connectivity index (χ3v) is 4.23. The van der Waals surface area contributed by atoms with Gasteiger partial charge < -0.3 is 10.1 Å². The normalized spacial score (nSPS) is 19.3. The molecule has 0 aliphatic carbocycles. The number of piperidine rings is 1. The highest BCUT2D eigenvalue weighted by atomic mass is 16.5. The number of hydrogen-bond acceptors (Lipinski definition) is 3. The summed E-state index contributed by atoms with van der Waals surface area (Å²) < 4.78 is 5.70. The van der Waals surface area contributed by atoms with Crippen molar-refractivity contribution in [2.75, 3.05) is 26.7 Å². The monoisotopic (exact) mass is 262 g/mol. The Kier molecular flexibility index (Phi) is 4.83. The van der Waals surface area contributed by atoms with Crippen LogP contribution in [0.5, 0.6) is 5.75 Å². The SMILES string of the molecule is CCOc1ccccc1CN1CCC(C)(NC)CC1. The highest BCUT2D eigenvalue weighted by molar-refractivity contribution is 5.33. The molecule has 0 atom stereocenters. The maximum absolute atomic E-state index is 5.70. The van der Waals surface area contributed by atoms with E-state index in [2.05, 4.69) is 42.4 Å². The van der Waals surface area contributed by atoms with Gasteiger partial charge in [-0.1, -0.05) is 18.2 Å². The Balaban J connectivity index is 1.95. The van der Waals surface area contributed by atoms with E-state index in [1.54, 1.807) is 0 Å². The minimum atomic E-state index is 0.315. The zero-order valence-corrected chi connectivity index (χ0v) is 12.4. The van der Waals surface area contributed by atoms with Gasteiger partial charge in [-0.15, -0.1) is 0 Å². The molecular weight excluding hydrogens is 236 g/mol. The van der Waals surface area contributed by atoms with Crippen LogP contribution < -0.4 is 10.1 Å². The highest BCUT2D eigenvalue weighted by Crippen LogP contribution is 2.25. The third kappa shape index (κ3) is 3.71. The molecule has 0 radical (unpaired) electrons. The fourth-order valence-corrected chi connectivity index (χ4v) is 2.63. The molecule has 0 bridgehead atoms. The third-order valence-electron chi connectivity index (χ3n) is 4.23. The van der Waals surface area contributed by atoms with Gasteiger partial charge in [-0.2, -0.15) is 0 Å². The molecule has 1 aliphatic heterocycles. The minimum absolute atomic E-state index is 0.315. The van der Waals surface area contributed by atoms with Crippen molar-refractivity contribution >= 4 is 0 Å². The van der Waals surface area contributed by atoms with E-state index < -0.39 is 0 Å². The number of likely N-dealkylation sites (tertiary alicyclic amines) is 1. The second-order valence-electron chi connectivity index (χ2n) is 5.63. The topological polar surface area (TPSA) is 24.5 Å². The average molecular weight is 262 g/mol. The summed E-state index contributed by atoms with van der Waals surface area (Å²) in [5, 5.41) is 3.45. The summed E-state index contributed by atoms with van der Waals surface area (Å²) in [7, 11) is 2.07. The lowest BCUT2D eigenvalue weighted by Gasteiger charge is -2.39. The molecule has 0 spiro atoms. The quantitative estimate of drug-likeness (QED) is 0.883. The number of para-hydroxylation sites is 1. The lowest BCUT2D eigenvalue weighted by Crippen LogP contribution is -2.49. The first-order valence-corrected chi connectivity index (χ1v) is 7.29.